The minimum absolute atomic E-state index is 0.00901. The van der Waals surface area contributed by atoms with E-state index in [0.717, 1.165) is 12.2 Å². The van der Waals surface area contributed by atoms with Gasteiger partial charge in [0.25, 0.3) is 0 Å². The van der Waals surface area contributed by atoms with Crippen LogP contribution in [0.3, 0.4) is 0 Å². The first-order valence-electron chi connectivity index (χ1n) is 6.71. The molecule has 4 heteroatoms. The number of rotatable bonds is 4. The van der Waals surface area contributed by atoms with E-state index in [4.69, 9.17) is 11.6 Å². The predicted molar refractivity (Wildman–Crippen MR) is 80.4 cm³/mol. The molecule has 1 aliphatic rings. The van der Waals surface area contributed by atoms with E-state index in [1.807, 2.05) is 18.2 Å². The highest BCUT2D eigenvalue weighted by Crippen LogP contribution is 2.25. The summed E-state index contributed by atoms with van der Waals surface area (Å²) in [4.78, 5) is 16.0. The van der Waals surface area contributed by atoms with Gasteiger partial charge < -0.3 is 9.80 Å². The van der Waals surface area contributed by atoms with Crippen molar-refractivity contribution < 1.29 is 4.79 Å². The molecule has 0 bridgehead atoms. The smallest absolute Gasteiger partial charge is 0.161 e. The molecule has 0 saturated carbocycles. The molecule has 1 aliphatic heterocycles. The largest absolute Gasteiger partial charge is 0.373 e. The van der Waals surface area contributed by atoms with Crippen molar-refractivity contribution in [3.63, 3.8) is 0 Å². The van der Waals surface area contributed by atoms with Crippen LogP contribution in [0.2, 0.25) is 5.02 Å². The average molecular weight is 281 g/mol. The molecule has 1 fully saturated rings. The van der Waals surface area contributed by atoms with Gasteiger partial charge >= 0.3 is 0 Å². The average Bonchev–Trinajstić information content (AvgIpc) is 2.74. The normalized spacial score (nSPS) is 19.7. The molecule has 1 heterocycles. The van der Waals surface area contributed by atoms with Gasteiger partial charge in [0.2, 0.25) is 0 Å². The number of benzene rings is 1. The molecule has 1 aromatic rings. The molecular formula is C15H21ClN2O. The molecule has 0 radical (unpaired) electrons. The SMILES string of the molecule is CC(=O)c1ccc(N(C)CC2CCCN2C)cc1Cl. The zero-order valence-corrected chi connectivity index (χ0v) is 12.6. The number of hydrogen-bond acceptors (Lipinski definition) is 3. The van der Waals surface area contributed by atoms with E-state index in [-0.39, 0.29) is 5.78 Å². The number of carbonyl (C=O) groups is 1. The topological polar surface area (TPSA) is 23.6 Å². The number of carbonyl (C=O) groups excluding carboxylic acids is 1. The second-order valence-electron chi connectivity index (χ2n) is 5.38. The summed E-state index contributed by atoms with van der Waals surface area (Å²) >= 11 is 6.16. The molecule has 1 aromatic carbocycles. The molecule has 0 N–H and O–H groups in total. The van der Waals surface area contributed by atoms with Crippen LogP contribution in [-0.4, -0.2) is 43.9 Å². The van der Waals surface area contributed by atoms with Crippen molar-refractivity contribution in [2.75, 3.05) is 32.1 Å². The molecule has 0 spiro atoms. The first-order valence-corrected chi connectivity index (χ1v) is 7.08. The molecule has 1 saturated heterocycles. The standard InChI is InChI=1S/C15H21ClN2O/c1-11(19)14-7-6-12(9-15(14)16)18(3)10-13-5-4-8-17(13)2/h6-7,9,13H,4-5,8,10H2,1-3H3. The monoisotopic (exact) mass is 280 g/mol. The summed E-state index contributed by atoms with van der Waals surface area (Å²) in [6.07, 6.45) is 2.53. The van der Waals surface area contributed by atoms with Crippen molar-refractivity contribution in [1.82, 2.24) is 4.90 Å². The van der Waals surface area contributed by atoms with Crippen molar-refractivity contribution in [1.29, 1.82) is 0 Å². The van der Waals surface area contributed by atoms with E-state index >= 15 is 0 Å². The number of likely N-dealkylation sites (tertiary alicyclic amines) is 1. The Hall–Kier alpha value is -1.06. The van der Waals surface area contributed by atoms with Gasteiger partial charge in [0.1, 0.15) is 0 Å². The van der Waals surface area contributed by atoms with E-state index in [2.05, 4.69) is 23.9 Å². The lowest BCUT2D eigenvalue weighted by atomic mass is 10.1. The predicted octanol–water partition coefficient (Wildman–Crippen LogP) is 3.07. The molecule has 0 aromatic heterocycles. The zero-order chi connectivity index (χ0) is 14.0. The van der Waals surface area contributed by atoms with Crippen LogP contribution in [0.1, 0.15) is 30.1 Å². The van der Waals surface area contributed by atoms with Gasteiger partial charge in [-0.15, -0.1) is 0 Å². The van der Waals surface area contributed by atoms with E-state index in [1.54, 1.807) is 0 Å². The maximum atomic E-state index is 11.4. The maximum absolute atomic E-state index is 11.4. The highest BCUT2D eigenvalue weighted by molar-refractivity contribution is 6.34. The van der Waals surface area contributed by atoms with Crippen LogP contribution in [0.5, 0.6) is 0 Å². The van der Waals surface area contributed by atoms with Gasteiger partial charge in [0, 0.05) is 30.9 Å². The Balaban J connectivity index is 2.09. The van der Waals surface area contributed by atoms with Gasteiger partial charge in [-0.05, 0) is 51.6 Å². The van der Waals surface area contributed by atoms with Gasteiger partial charge in [-0.2, -0.15) is 0 Å². The van der Waals surface area contributed by atoms with Gasteiger partial charge in [-0.3, -0.25) is 4.79 Å². The van der Waals surface area contributed by atoms with Crippen molar-refractivity contribution >= 4 is 23.1 Å². The van der Waals surface area contributed by atoms with Crippen molar-refractivity contribution in [2.45, 2.75) is 25.8 Å². The number of nitrogens with zero attached hydrogens (tertiary/aromatic N) is 2. The molecule has 19 heavy (non-hydrogen) atoms. The molecule has 2 rings (SSSR count). The van der Waals surface area contributed by atoms with Crippen molar-refractivity contribution in [3.05, 3.63) is 28.8 Å². The first-order chi connectivity index (χ1) is 8.99. The fraction of sp³-hybridized carbons (Fsp3) is 0.533. The Morgan fingerprint density at radius 1 is 1.53 bits per heavy atom. The quantitative estimate of drug-likeness (QED) is 0.792. The van der Waals surface area contributed by atoms with Crippen LogP contribution in [0, 0.1) is 0 Å². The van der Waals surface area contributed by atoms with E-state index in [0.29, 0.717) is 16.6 Å². The molecule has 0 amide bonds. The van der Waals surface area contributed by atoms with Crippen LogP contribution in [-0.2, 0) is 0 Å². The molecule has 104 valence electrons. The summed E-state index contributed by atoms with van der Waals surface area (Å²) in [5, 5.41) is 0.539. The molecule has 1 unspecified atom stereocenters. The lowest BCUT2D eigenvalue weighted by molar-refractivity contribution is 0.101. The van der Waals surface area contributed by atoms with Crippen LogP contribution >= 0.6 is 11.6 Å². The fourth-order valence-corrected chi connectivity index (χ4v) is 2.97. The summed E-state index contributed by atoms with van der Waals surface area (Å²) in [7, 11) is 4.25. The lowest BCUT2D eigenvalue weighted by Gasteiger charge is -2.27. The van der Waals surface area contributed by atoms with E-state index in [1.165, 1.54) is 26.3 Å². The van der Waals surface area contributed by atoms with Crippen LogP contribution < -0.4 is 4.90 Å². The fourth-order valence-electron chi connectivity index (χ4n) is 2.66. The van der Waals surface area contributed by atoms with Gasteiger partial charge in [-0.1, -0.05) is 11.6 Å². The van der Waals surface area contributed by atoms with Crippen LogP contribution in [0.25, 0.3) is 0 Å². The number of halogens is 1. The molecule has 0 aliphatic carbocycles. The summed E-state index contributed by atoms with van der Waals surface area (Å²) in [6.45, 7) is 3.72. The van der Waals surface area contributed by atoms with Gasteiger partial charge in [0.05, 0.1) is 5.02 Å². The number of likely N-dealkylation sites (N-methyl/N-ethyl adjacent to an activating group) is 2. The van der Waals surface area contributed by atoms with Crippen LogP contribution in [0.15, 0.2) is 18.2 Å². The molecule has 1 atom stereocenters. The summed E-state index contributed by atoms with van der Waals surface area (Å²) in [5.74, 6) is 0.00901. The highest BCUT2D eigenvalue weighted by Gasteiger charge is 2.22. The second-order valence-corrected chi connectivity index (χ2v) is 5.78. The van der Waals surface area contributed by atoms with Gasteiger partial charge in [-0.25, -0.2) is 0 Å². The number of Topliss-reactive ketones (excluding diaryl/α,β-unsaturated/α-hetero) is 1. The lowest BCUT2D eigenvalue weighted by Crippen LogP contribution is -2.36. The maximum Gasteiger partial charge on any atom is 0.161 e. The van der Waals surface area contributed by atoms with Crippen LogP contribution in [0.4, 0.5) is 5.69 Å². The minimum atomic E-state index is 0.00901. The third-order valence-electron chi connectivity index (χ3n) is 3.93. The molecular weight excluding hydrogens is 260 g/mol. The van der Waals surface area contributed by atoms with Crippen molar-refractivity contribution in [2.24, 2.45) is 0 Å². The van der Waals surface area contributed by atoms with E-state index in [9.17, 15) is 4.79 Å². The Bertz CT molecular complexity index is 475. The van der Waals surface area contributed by atoms with Crippen molar-refractivity contribution in [3.8, 4) is 0 Å². The first kappa shape index (κ1) is 14.4. The zero-order valence-electron chi connectivity index (χ0n) is 11.8. The summed E-state index contributed by atoms with van der Waals surface area (Å²) in [6, 6.07) is 6.27. The minimum Gasteiger partial charge on any atom is -0.373 e. The van der Waals surface area contributed by atoms with E-state index < -0.39 is 0 Å². The Labute approximate surface area is 120 Å². The number of anilines is 1. The Morgan fingerprint density at radius 2 is 2.26 bits per heavy atom. The van der Waals surface area contributed by atoms with Gasteiger partial charge in [0.15, 0.2) is 5.78 Å². The third-order valence-corrected chi connectivity index (χ3v) is 4.24. The summed E-state index contributed by atoms with van der Waals surface area (Å²) in [5.41, 5.74) is 1.66. The molecule has 3 nitrogen and oxygen atoms in total. The Kier molecular flexibility index (Phi) is 4.48. The number of hydrogen-bond donors (Lipinski definition) is 0. The number of ketones is 1. The second kappa shape index (κ2) is 5.93. The third kappa shape index (κ3) is 3.28. The Morgan fingerprint density at radius 3 is 2.79 bits per heavy atom. The highest BCUT2D eigenvalue weighted by atomic mass is 35.5. The summed E-state index contributed by atoms with van der Waals surface area (Å²) < 4.78 is 0.